The lowest BCUT2D eigenvalue weighted by molar-refractivity contribution is -0.121. The highest BCUT2D eigenvalue weighted by molar-refractivity contribution is 5.75. The quantitative estimate of drug-likeness (QED) is 0.675. The number of methoxy groups -OCH3 is 1. The lowest BCUT2D eigenvalue weighted by atomic mass is 10.1. The van der Waals surface area contributed by atoms with Gasteiger partial charge < -0.3 is 19.7 Å². The Morgan fingerprint density at radius 2 is 2.04 bits per heavy atom. The zero-order valence-electron chi connectivity index (χ0n) is 14.4. The average molecular weight is 352 g/mol. The molecule has 1 atom stereocenters. The normalized spacial score (nSPS) is 11.8. The van der Waals surface area contributed by atoms with Gasteiger partial charge >= 0.3 is 0 Å². The van der Waals surface area contributed by atoms with Crippen molar-refractivity contribution in [3.05, 3.63) is 77.9 Å². The fraction of sp³-hybridized carbons (Fsp3) is 0.211. The molecule has 2 N–H and O–H groups in total. The highest BCUT2D eigenvalue weighted by Crippen LogP contribution is 2.19. The highest BCUT2D eigenvalue weighted by atomic mass is 16.5. The number of hydrogen-bond donors (Lipinski definition) is 2. The number of nitrogens with one attached hydrogen (secondary N) is 1. The van der Waals surface area contributed by atoms with Crippen LogP contribution in [0.5, 0.6) is 5.75 Å². The first-order chi connectivity index (χ1) is 12.7. The molecule has 0 bridgehead atoms. The van der Waals surface area contributed by atoms with Crippen LogP contribution in [-0.2, 0) is 17.9 Å². The molecular weight excluding hydrogens is 332 g/mol. The third-order valence-electron chi connectivity index (χ3n) is 3.94. The van der Waals surface area contributed by atoms with Crippen LogP contribution in [0.2, 0.25) is 0 Å². The fourth-order valence-electron chi connectivity index (χ4n) is 2.58. The van der Waals surface area contributed by atoms with Crippen LogP contribution in [0.15, 0.2) is 60.9 Å². The number of carbonyl (C=O) groups excluding carboxylic acids is 1. The Labute approximate surface area is 151 Å². The molecule has 0 spiro atoms. The maximum Gasteiger partial charge on any atom is 0.240 e. The van der Waals surface area contributed by atoms with Crippen molar-refractivity contribution in [2.75, 3.05) is 7.11 Å². The number of carbonyl (C=O) groups is 1. The topological polar surface area (TPSA) is 89.3 Å². The van der Waals surface area contributed by atoms with Crippen molar-refractivity contribution in [2.24, 2.45) is 0 Å². The van der Waals surface area contributed by atoms with E-state index < -0.39 is 6.10 Å². The first-order valence-electron chi connectivity index (χ1n) is 8.17. The molecule has 0 radical (unpaired) electrons. The second-order valence-electron chi connectivity index (χ2n) is 5.76. The summed E-state index contributed by atoms with van der Waals surface area (Å²) in [6, 6.07) is 16.6. The molecule has 0 saturated carbocycles. The van der Waals surface area contributed by atoms with Crippen molar-refractivity contribution in [1.29, 1.82) is 0 Å². The summed E-state index contributed by atoms with van der Waals surface area (Å²) < 4.78 is 6.71. The Morgan fingerprint density at radius 3 is 2.81 bits per heavy atom. The number of ether oxygens (including phenoxy) is 1. The van der Waals surface area contributed by atoms with E-state index in [1.54, 1.807) is 23.8 Å². The van der Waals surface area contributed by atoms with E-state index >= 15 is 0 Å². The van der Waals surface area contributed by atoms with Gasteiger partial charge in [0.05, 0.1) is 7.11 Å². The van der Waals surface area contributed by atoms with Gasteiger partial charge in [-0.05, 0) is 23.3 Å². The van der Waals surface area contributed by atoms with Crippen molar-refractivity contribution in [3.63, 3.8) is 0 Å². The molecule has 26 heavy (non-hydrogen) atoms. The summed E-state index contributed by atoms with van der Waals surface area (Å²) in [6.45, 7) is 0.408. The molecule has 0 aliphatic heterocycles. The van der Waals surface area contributed by atoms with Crippen molar-refractivity contribution >= 4 is 5.91 Å². The van der Waals surface area contributed by atoms with Gasteiger partial charge in [-0.3, -0.25) is 4.79 Å². The van der Waals surface area contributed by atoms with Crippen molar-refractivity contribution in [3.8, 4) is 5.75 Å². The van der Waals surface area contributed by atoms with Crippen LogP contribution in [0.1, 0.15) is 23.1 Å². The van der Waals surface area contributed by atoms with Crippen LogP contribution in [0.25, 0.3) is 0 Å². The molecule has 7 nitrogen and oxygen atoms in total. The number of benzene rings is 2. The van der Waals surface area contributed by atoms with Gasteiger partial charge in [0.1, 0.15) is 24.7 Å². The first-order valence-corrected chi connectivity index (χ1v) is 8.17. The second-order valence-corrected chi connectivity index (χ2v) is 5.76. The molecule has 3 rings (SSSR count). The van der Waals surface area contributed by atoms with Gasteiger partial charge in [0, 0.05) is 6.54 Å². The van der Waals surface area contributed by atoms with Gasteiger partial charge in [0.2, 0.25) is 5.91 Å². The predicted octanol–water partition coefficient (Wildman–Crippen LogP) is 1.68. The number of rotatable bonds is 7. The number of nitrogens with zero attached hydrogens (tertiary/aromatic N) is 3. The zero-order chi connectivity index (χ0) is 18.4. The number of amides is 1. The van der Waals surface area contributed by atoms with Crippen molar-refractivity contribution < 1.29 is 14.6 Å². The Hall–Kier alpha value is -3.19. The molecule has 0 aliphatic carbocycles. The van der Waals surface area contributed by atoms with E-state index in [9.17, 15) is 9.90 Å². The minimum Gasteiger partial charge on any atom is -0.497 e. The van der Waals surface area contributed by atoms with Crippen LogP contribution in [0.4, 0.5) is 0 Å². The lowest BCUT2D eigenvalue weighted by Gasteiger charge is -2.13. The Kier molecular flexibility index (Phi) is 5.60. The Balaban J connectivity index is 1.62. The molecule has 0 aliphatic rings. The van der Waals surface area contributed by atoms with Crippen molar-refractivity contribution in [2.45, 2.75) is 19.2 Å². The number of aromatic nitrogens is 3. The summed E-state index contributed by atoms with van der Waals surface area (Å²) in [7, 11) is 1.60. The largest absolute Gasteiger partial charge is 0.497 e. The van der Waals surface area contributed by atoms with E-state index in [1.165, 1.54) is 6.33 Å². The molecule has 134 valence electrons. The highest BCUT2D eigenvalue weighted by Gasteiger charge is 2.18. The summed E-state index contributed by atoms with van der Waals surface area (Å²) in [5.74, 6) is 0.866. The second kappa shape index (κ2) is 8.26. The van der Waals surface area contributed by atoms with Crippen LogP contribution < -0.4 is 10.1 Å². The van der Waals surface area contributed by atoms with Gasteiger partial charge in [0.15, 0.2) is 5.82 Å². The number of aliphatic hydroxyl groups is 1. The monoisotopic (exact) mass is 352 g/mol. The first kappa shape index (κ1) is 17.6. The minimum absolute atomic E-state index is 0.0240. The maximum absolute atomic E-state index is 12.2. The molecule has 7 heteroatoms. The molecule has 1 amide bonds. The third-order valence-corrected chi connectivity index (χ3v) is 3.94. The van der Waals surface area contributed by atoms with Crippen LogP contribution in [0.3, 0.4) is 0 Å². The SMILES string of the molecule is COc1cccc(CNC(=O)Cn2cnnc2C(O)c2ccccc2)c1. The molecule has 1 aromatic heterocycles. The molecule has 0 fully saturated rings. The molecule has 2 aromatic carbocycles. The van der Waals surface area contributed by atoms with Gasteiger partial charge in [-0.25, -0.2) is 0 Å². The molecule has 1 unspecified atom stereocenters. The van der Waals surface area contributed by atoms with E-state index in [4.69, 9.17) is 4.74 Å². The van der Waals surface area contributed by atoms with E-state index in [0.717, 1.165) is 11.3 Å². The minimum atomic E-state index is -0.940. The molecule has 0 saturated heterocycles. The molecule has 3 aromatic rings. The van der Waals surface area contributed by atoms with Crippen LogP contribution in [-0.4, -0.2) is 32.9 Å². The van der Waals surface area contributed by atoms with Crippen LogP contribution in [0, 0.1) is 0 Å². The molecular formula is C19H20N4O3. The Bertz CT molecular complexity index is 864. The zero-order valence-corrected chi connectivity index (χ0v) is 14.4. The standard InChI is InChI=1S/C19H20N4O3/c1-26-16-9-5-6-14(10-16)11-20-17(24)12-23-13-21-22-19(23)18(25)15-7-3-2-4-8-15/h2-10,13,18,25H,11-12H2,1H3,(H,20,24). The summed E-state index contributed by atoms with van der Waals surface area (Å²) in [5, 5.41) is 21.1. The third kappa shape index (κ3) is 4.25. The number of aliphatic hydroxyl groups excluding tert-OH is 1. The maximum atomic E-state index is 12.2. The average Bonchev–Trinajstić information content (AvgIpc) is 3.14. The summed E-state index contributed by atoms with van der Waals surface area (Å²) in [5.41, 5.74) is 1.63. The van der Waals surface area contributed by atoms with E-state index in [0.29, 0.717) is 17.9 Å². The van der Waals surface area contributed by atoms with Gasteiger partial charge in [-0.1, -0.05) is 42.5 Å². The van der Waals surface area contributed by atoms with Gasteiger partial charge in [-0.15, -0.1) is 10.2 Å². The van der Waals surface area contributed by atoms with Crippen molar-refractivity contribution in [1.82, 2.24) is 20.1 Å². The fourth-order valence-corrected chi connectivity index (χ4v) is 2.58. The van der Waals surface area contributed by atoms with Gasteiger partial charge in [-0.2, -0.15) is 0 Å². The summed E-state index contributed by atoms with van der Waals surface area (Å²) in [6.07, 6.45) is 0.497. The van der Waals surface area contributed by atoms with Gasteiger partial charge in [0.25, 0.3) is 0 Å². The predicted molar refractivity (Wildman–Crippen MR) is 95.4 cm³/mol. The number of hydrogen-bond acceptors (Lipinski definition) is 5. The van der Waals surface area contributed by atoms with E-state index in [-0.39, 0.29) is 12.5 Å². The summed E-state index contributed by atoms with van der Waals surface area (Å²) in [4.78, 5) is 12.2. The van der Waals surface area contributed by atoms with E-state index in [2.05, 4.69) is 15.5 Å². The Morgan fingerprint density at radius 1 is 1.23 bits per heavy atom. The van der Waals surface area contributed by atoms with Crippen LogP contribution >= 0.6 is 0 Å². The lowest BCUT2D eigenvalue weighted by Crippen LogP contribution is -2.28. The smallest absolute Gasteiger partial charge is 0.240 e. The van der Waals surface area contributed by atoms with E-state index in [1.807, 2.05) is 42.5 Å². The molecule has 1 heterocycles. The summed E-state index contributed by atoms with van der Waals surface area (Å²) >= 11 is 0.